The lowest BCUT2D eigenvalue weighted by atomic mass is 10.0. The molecule has 2 amide bonds. The maximum Gasteiger partial charge on any atom is 0.407 e. The van der Waals surface area contributed by atoms with Gasteiger partial charge in [0.25, 0.3) is 5.56 Å². The van der Waals surface area contributed by atoms with Crippen LogP contribution in [0.25, 0.3) is 10.9 Å². The van der Waals surface area contributed by atoms with Gasteiger partial charge in [-0.25, -0.2) is 9.78 Å². The Hall–Kier alpha value is -4.26. The zero-order valence-corrected chi connectivity index (χ0v) is 28.1. The molecule has 4 rings (SSSR count). The Morgan fingerprint density at radius 2 is 1.96 bits per heavy atom. The lowest BCUT2D eigenvalue weighted by Crippen LogP contribution is -2.55. The number of Topliss-reactive ketones (excluding diaryl/α,β-unsaturated/α-hetero) is 1. The number of nitrogens with one attached hydrogen (secondary N) is 3. The summed E-state index contributed by atoms with van der Waals surface area (Å²) in [5.41, 5.74) is 0.462. The first-order valence-corrected chi connectivity index (χ1v) is 16.5. The van der Waals surface area contributed by atoms with E-state index >= 15 is 0 Å². The van der Waals surface area contributed by atoms with E-state index in [1.807, 2.05) is 46.1 Å². The van der Waals surface area contributed by atoms with Gasteiger partial charge in [0.2, 0.25) is 11.9 Å². The number of fused-ring (bicyclic) bond motifs is 1. The highest BCUT2D eigenvalue weighted by molar-refractivity contribution is 6.15. The summed E-state index contributed by atoms with van der Waals surface area (Å²) in [5.74, 6) is -0.694. The maximum absolute atomic E-state index is 13.8. The minimum atomic E-state index is -1.04. The Bertz CT molecular complexity index is 1540. The van der Waals surface area contributed by atoms with Crippen molar-refractivity contribution in [1.82, 2.24) is 25.5 Å². The van der Waals surface area contributed by atoms with Crippen molar-refractivity contribution in [2.24, 2.45) is 5.92 Å². The molecule has 1 aliphatic carbocycles. The van der Waals surface area contributed by atoms with Crippen LogP contribution in [0.15, 0.2) is 35.6 Å². The molecule has 0 bridgehead atoms. The summed E-state index contributed by atoms with van der Waals surface area (Å²) in [4.78, 5) is 75.1. The Kier molecular flexibility index (Phi) is 11.8. The zero-order valence-electron chi connectivity index (χ0n) is 28.1. The molecule has 2 fully saturated rings. The average molecular weight is 653 g/mol. The molecule has 4 atom stereocenters. The highest BCUT2D eigenvalue weighted by Gasteiger charge is 2.71. The van der Waals surface area contributed by atoms with Crippen molar-refractivity contribution < 1.29 is 28.7 Å². The van der Waals surface area contributed by atoms with Gasteiger partial charge in [-0.15, -0.1) is 6.58 Å². The van der Waals surface area contributed by atoms with Crippen molar-refractivity contribution in [3.05, 3.63) is 46.8 Å². The van der Waals surface area contributed by atoms with Crippen LogP contribution >= 0.6 is 0 Å². The van der Waals surface area contributed by atoms with Crippen molar-refractivity contribution in [3.8, 4) is 0 Å². The number of benzene rings is 1. The normalized spacial score (nSPS) is 19.9. The van der Waals surface area contributed by atoms with Crippen LogP contribution in [0.4, 0.5) is 10.7 Å². The fourth-order valence-corrected chi connectivity index (χ4v) is 6.26. The van der Waals surface area contributed by atoms with Gasteiger partial charge in [0.05, 0.1) is 24.1 Å². The molecule has 13 nitrogen and oxygen atoms in total. The summed E-state index contributed by atoms with van der Waals surface area (Å²) < 4.78 is 10.6. The Morgan fingerprint density at radius 3 is 2.64 bits per heavy atom. The zero-order chi connectivity index (χ0) is 34.3. The van der Waals surface area contributed by atoms with Gasteiger partial charge in [-0.1, -0.05) is 26.0 Å². The number of aryl methyl sites for hydroxylation is 1. The van der Waals surface area contributed by atoms with Crippen molar-refractivity contribution in [2.75, 3.05) is 38.8 Å². The number of ether oxygens (including phenoxy) is 2. The van der Waals surface area contributed by atoms with Crippen molar-refractivity contribution >= 4 is 40.6 Å². The van der Waals surface area contributed by atoms with Gasteiger partial charge in [-0.05, 0) is 75.5 Å². The van der Waals surface area contributed by atoms with E-state index < -0.39 is 35.7 Å². The maximum atomic E-state index is 13.8. The van der Waals surface area contributed by atoms with Crippen LogP contribution in [0.1, 0.15) is 64.9 Å². The number of H-pyrrole nitrogens is 1. The standard InChI is InChI=1S/C34H48N6O7/c1-7-13-25(31(44)46-8-2)35-27-28(41)34(27)17-12-18-40(34)30(43)26(21(3)4)37-33(45)47-19-11-9-10-14-22-15-16-24-23(20-22)29(42)38-32(36-24)39(5)6/h7,15-16,20-21,25-27,35H,1,8-14,17-19H2,2-6H3,(H,37,45)(H,36,38,42)/t25?,26?,27-,34?/m0/s1. The van der Waals surface area contributed by atoms with Crippen LogP contribution in [0.5, 0.6) is 0 Å². The summed E-state index contributed by atoms with van der Waals surface area (Å²) in [6.45, 7) is 9.85. The molecule has 3 unspecified atom stereocenters. The summed E-state index contributed by atoms with van der Waals surface area (Å²) in [6, 6.07) is 3.39. The number of rotatable bonds is 16. The Balaban J connectivity index is 1.25. The largest absolute Gasteiger partial charge is 0.465 e. The first-order valence-electron chi connectivity index (χ1n) is 16.5. The number of aromatic amines is 1. The Morgan fingerprint density at radius 1 is 1.19 bits per heavy atom. The smallest absolute Gasteiger partial charge is 0.407 e. The number of hydrogen-bond acceptors (Lipinski definition) is 10. The Labute approximate surface area is 275 Å². The van der Waals surface area contributed by atoms with E-state index in [9.17, 15) is 24.0 Å². The van der Waals surface area contributed by atoms with E-state index in [2.05, 4.69) is 27.2 Å². The summed E-state index contributed by atoms with van der Waals surface area (Å²) in [5, 5.41) is 6.37. The first-order chi connectivity index (χ1) is 22.4. The second kappa shape index (κ2) is 15.6. The number of aromatic nitrogens is 2. The molecule has 13 heteroatoms. The molecule has 47 heavy (non-hydrogen) atoms. The van der Waals surface area contributed by atoms with E-state index in [-0.39, 0.29) is 42.8 Å². The van der Waals surface area contributed by atoms with Crippen molar-refractivity contribution in [1.29, 1.82) is 0 Å². The minimum absolute atomic E-state index is 0.141. The van der Waals surface area contributed by atoms with Gasteiger partial charge in [-0.3, -0.25) is 29.5 Å². The molecule has 0 radical (unpaired) electrons. The molecule has 256 valence electrons. The third kappa shape index (κ3) is 8.01. The van der Waals surface area contributed by atoms with Gasteiger partial charge in [0.15, 0.2) is 5.78 Å². The predicted octanol–water partition coefficient (Wildman–Crippen LogP) is 2.86. The fourth-order valence-electron chi connectivity index (χ4n) is 6.26. The molecule has 1 saturated carbocycles. The minimum Gasteiger partial charge on any atom is -0.465 e. The second-order valence-corrected chi connectivity index (χ2v) is 12.8. The van der Waals surface area contributed by atoms with Gasteiger partial charge >= 0.3 is 12.1 Å². The third-order valence-electron chi connectivity index (χ3n) is 8.84. The van der Waals surface area contributed by atoms with E-state index in [1.54, 1.807) is 22.8 Å². The molecule has 1 aromatic carbocycles. The van der Waals surface area contributed by atoms with Gasteiger partial charge in [-0.2, -0.15) is 0 Å². The topological polar surface area (TPSA) is 163 Å². The highest BCUT2D eigenvalue weighted by Crippen LogP contribution is 2.47. The monoisotopic (exact) mass is 652 g/mol. The molecule has 2 aliphatic rings. The lowest BCUT2D eigenvalue weighted by Gasteiger charge is -2.31. The van der Waals surface area contributed by atoms with Gasteiger partial charge in [0.1, 0.15) is 23.7 Å². The molecule has 2 heterocycles. The molecular weight excluding hydrogens is 604 g/mol. The number of hydrogen-bond donors (Lipinski definition) is 3. The molecule has 1 saturated heterocycles. The van der Waals surface area contributed by atoms with Crippen molar-refractivity contribution in [2.45, 2.75) is 89.4 Å². The number of carbonyl (C=O) groups is 4. The highest BCUT2D eigenvalue weighted by atomic mass is 16.5. The lowest BCUT2D eigenvalue weighted by molar-refractivity contribution is -0.145. The van der Waals surface area contributed by atoms with Gasteiger partial charge in [0, 0.05) is 20.6 Å². The van der Waals surface area contributed by atoms with Crippen LogP contribution in [0.2, 0.25) is 0 Å². The van der Waals surface area contributed by atoms with Crippen LogP contribution < -0.4 is 21.1 Å². The number of esters is 1. The first kappa shape index (κ1) is 35.6. The number of likely N-dealkylation sites (tertiary alicyclic amines) is 1. The molecule has 1 aromatic heterocycles. The van der Waals surface area contributed by atoms with Crippen LogP contribution in [0, 0.1) is 5.92 Å². The summed E-state index contributed by atoms with van der Waals surface area (Å²) in [6.07, 6.45) is 5.36. The molecule has 1 aliphatic heterocycles. The third-order valence-corrected chi connectivity index (χ3v) is 8.84. The fraction of sp³-hybridized carbons (Fsp3) is 0.588. The van der Waals surface area contributed by atoms with E-state index in [1.165, 1.54) is 0 Å². The molecule has 2 aromatic rings. The number of nitrogens with zero attached hydrogens (tertiary/aromatic N) is 3. The van der Waals surface area contributed by atoms with Crippen LogP contribution in [-0.2, 0) is 30.3 Å². The average Bonchev–Trinajstić information content (AvgIpc) is 3.34. The second-order valence-electron chi connectivity index (χ2n) is 12.8. The number of amides is 2. The quantitative estimate of drug-likeness (QED) is 0.140. The number of unbranched alkanes of at least 4 members (excludes halogenated alkanes) is 2. The van der Waals surface area contributed by atoms with Gasteiger partial charge < -0.3 is 24.6 Å². The number of anilines is 1. The summed E-state index contributed by atoms with van der Waals surface area (Å²) >= 11 is 0. The molecule has 1 spiro atoms. The van der Waals surface area contributed by atoms with E-state index in [0.29, 0.717) is 42.7 Å². The van der Waals surface area contributed by atoms with E-state index in [0.717, 1.165) is 24.8 Å². The number of carbonyl (C=O) groups excluding carboxylic acids is 4. The number of alkyl carbamates (subject to hydrolysis) is 1. The van der Waals surface area contributed by atoms with Crippen LogP contribution in [-0.4, -0.2) is 96.1 Å². The van der Waals surface area contributed by atoms with Crippen LogP contribution in [0.3, 0.4) is 0 Å². The summed E-state index contributed by atoms with van der Waals surface area (Å²) in [7, 11) is 3.64. The molecular formula is C34H48N6O7. The predicted molar refractivity (Wildman–Crippen MR) is 178 cm³/mol. The SMILES string of the molecule is C=CCC(N[C@H]1C(=O)C12CCCN2C(=O)C(NC(=O)OCCCCCc1ccc2nc(N(C)C)[nH]c(=O)c2c1)C(C)C)C(=O)OCC. The van der Waals surface area contributed by atoms with Crippen molar-refractivity contribution in [3.63, 3.8) is 0 Å². The number of ketones is 1. The van der Waals surface area contributed by atoms with E-state index in [4.69, 9.17) is 9.47 Å². The molecule has 3 N–H and O–H groups in total.